The summed E-state index contributed by atoms with van der Waals surface area (Å²) in [6.45, 7) is 4.46. The van der Waals surface area contributed by atoms with Crippen LogP contribution in [-0.4, -0.2) is 31.9 Å². The Morgan fingerprint density at radius 3 is 2.75 bits per heavy atom. The van der Waals surface area contributed by atoms with Crippen molar-refractivity contribution in [2.45, 2.75) is 37.6 Å². The van der Waals surface area contributed by atoms with E-state index in [0.29, 0.717) is 18.7 Å². The fourth-order valence-corrected chi connectivity index (χ4v) is 4.40. The third-order valence-electron chi connectivity index (χ3n) is 3.92. The van der Waals surface area contributed by atoms with Gasteiger partial charge in [0.1, 0.15) is 5.82 Å². The molecule has 0 unspecified atom stereocenters. The second kappa shape index (κ2) is 5.79. The highest BCUT2D eigenvalue weighted by atomic mass is 32.2. The van der Waals surface area contributed by atoms with Gasteiger partial charge < -0.3 is 5.73 Å². The quantitative estimate of drug-likeness (QED) is 0.927. The Morgan fingerprint density at radius 2 is 2.15 bits per heavy atom. The van der Waals surface area contributed by atoms with Crippen LogP contribution in [0.25, 0.3) is 0 Å². The van der Waals surface area contributed by atoms with Crippen molar-refractivity contribution in [2.24, 2.45) is 11.7 Å². The van der Waals surface area contributed by atoms with Crippen molar-refractivity contribution in [3.05, 3.63) is 29.6 Å². The molecule has 20 heavy (non-hydrogen) atoms. The lowest BCUT2D eigenvalue weighted by molar-refractivity contribution is 0.243. The fraction of sp³-hybridized carbons (Fsp3) is 0.571. The number of hydrogen-bond acceptors (Lipinski definition) is 3. The van der Waals surface area contributed by atoms with E-state index < -0.39 is 15.8 Å². The zero-order chi connectivity index (χ0) is 14.9. The van der Waals surface area contributed by atoms with E-state index in [1.54, 1.807) is 6.92 Å². The molecule has 4 nitrogen and oxygen atoms in total. The van der Waals surface area contributed by atoms with E-state index in [2.05, 4.69) is 0 Å². The number of nitrogens with zero attached hydrogens (tertiary/aromatic N) is 1. The molecular weight excluding hydrogens is 279 g/mol. The highest BCUT2D eigenvalue weighted by Crippen LogP contribution is 2.26. The van der Waals surface area contributed by atoms with Crippen LogP contribution < -0.4 is 5.73 Å². The van der Waals surface area contributed by atoms with Gasteiger partial charge in [-0.3, -0.25) is 0 Å². The first-order valence-corrected chi connectivity index (χ1v) is 8.28. The molecule has 0 aromatic heterocycles. The van der Waals surface area contributed by atoms with Gasteiger partial charge in [-0.2, -0.15) is 4.31 Å². The summed E-state index contributed by atoms with van der Waals surface area (Å²) in [5, 5.41) is 0. The number of sulfonamides is 1. The SMILES string of the molecule is Cc1cc(F)ccc1S(=O)(=O)N1CCC[C@@H]([C@H](C)N)C1. The fourth-order valence-electron chi connectivity index (χ4n) is 2.66. The van der Waals surface area contributed by atoms with E-state index in [4.69, 9.17) is 5.73 Å². The zero-order valence-electron chi connectivity index (χ0n) is 11.8. The first kappa shape index (κ1) is 15.4. The molecule has 2 N–H and O–H groups in total. The molecule has 1 aliphatic rings. The zero-order valence-corrected chi connectivity index (χ0v) is 12.7. The second-order valence-corrected chi connectivity index (χ2v) is 7.44. The normalized spacial score (nSPS) is 22.7. The summed E-state index contributed by atoms with van der Waals surface area (Å²) in [5.41, 5.74) is 6.33. The predicted octanol–water partition coefficient (Wildman–Crippen LogP) is 1.88. The molecule has 1 aromatic rings. The molecule has 0 aliphatic carbocycles. The van der Waals surface area contributed by atoms with Crippen LogP contribution in [-0.2, 0) is 10.0 Å². The lowest BCUT2D eigenvalue weighted by Gasteiger charge is -2.34. The van der Waals surface area contributed by atoms with Gasteiger partial charge in [0.25, 0.3) is 0 Å². The molecule has 2 rings (SSSR count). The van der Waals surface area contributed by atoms with Gasteiger partial charge in [-0.15, -0.1) is 0 Å². The van der Waals surface area contributed by atoms with Crippen molar-refractivity contribution < 1.29 is 12.8 Å². The summed E-state index contributed by atoms with van der Waals surface area (Å²) in [5.74, 6) is -0.243. The van der Waals surface area contributed by atoms with Crippen LogP contribution in [0.4, 0.5) is 4.39 Å². The second-order valence-electron chi connectivity index (χ2n) is 5.53. The molecule has 0 radical (unpaired) electrons. The largest absolute Gasteiger partial charge is 0.328 e. The number of piperidine rings is 1. The van der Waals surface area contributed by atoms with Crippen LogP contribution in [0.3, 0.4) is 0 Å². The van der Waals surface area contributed by atoms with Gasteiger partial charge >= 0.3 is 0 Å². The molecule has 0 spiro atoms. The smallest absolute Gasteiger partial charge is 0.243 e. The number of hydrogen-bond donors (Lipinski definition) is 1. The third-order valence-corrected chi connectivity index (χ3v) is 5.94. The topological polar surface area (TPSA) is 63.4 Å². The summed E-state index contributed by atoms with van der Waals surface area (Å²) < 4.78 is 39.9. The Morgan fingerprint density at radius 1 is 1.45 bits per heavy atom. The highest BCUT2D eigenvalue weighted by molar-refractivity contribution is 7.89. The first-order chi connectivity index (χ1) is 9.32. The van der Waals surface area contributed by atoms with Crippen LogP contribution >= 0.6 is 0 Å². The van der Waals surface area contributed by atoms with Crippen LogP contribution in [0, 0.1) is 18.7 Å². The lowest BCUT2D eigenvalue weighted by Crippen LogP contribution is -2.45. The summed E-state index contributed by atoms with van der Waals surface area (Å²) in [6, 6.07) is 3.75. The number of aryl methyl sites for hydroxylation is 1. The Labute approximate surface area is 119 Å². The molecule has 1 saturated heterocycles. The number of benzene rings is 1. The molecule has 1 aliphatic heterocycles. The molecule has 1 fully saturated rings. The van der Waals surface area contributed by atoms with Crippen LogP contribution in [0.15, 0.2) is 23.1 Å². The monoisotopic (exact) mass is 300 g/mol. The Bertz CT molecular complexity index is 587. The summed E-state index contributed by atoms with van der Waals surface area (Å²) in [7, 11) is -3.56. The summed E-state index contributed by atoms with van der Waals surface area (Å²) in [4.78, 5) is 0.184. The standard InChI is InChI=1S/C14H21FN2O2S/c1-10-8-13(15)5-6-14(10)20(18,19)17-7-3-4-12(9-17)11(2)16/h5-6,8,11-12H,3-4,7,9,16H2,1-2H3/t11-,12+/m0/s1. The summed E-state index contributed by atoms with van der Waals surface area (Å²) >= 11 is 0. The Balaban J connectivity index is 2.30. The molecule has 1 heterocycles. The van der Waals surface area contributed by atoms with Crippen molar-refractivity contribution >= 4 is 10.0 Å². The molecule has 0 amide bonds. The Hall–Kier alpha value is -0.980. The molecule has 0 saturated carbocycles. The maximum Gasteiger partial charge on any atom is 0.243 e. The van der Waals surface area contributed by atoms with E-state index in [-0.39, 0.29) is 16.9 Å². The van der Waals surface area contributed by atoms with Gasteiger partial charge in [-0.25, -0.2) is 12.8 Å². The van der Waals surface area contributed by atoms with Gasteiger partial charge in [-0.1, -0.05) is 0 Å². The highest BCUT2D eigenvalue weighted by Gasteiger charge is 2.32. The maximum atomic E-state index is 13.1. The van der Waals surface area contributed by atoms with Gasteiger partial charge in [-0.05, 0) is 56.4 Å². The average Bonchev–Trinajstić information content (AvgIpc) is 2.38. The first-order valence-electron chi connectivity index (χ1n) is 6.84. The van der Waals surface area contributed by atoms with Crippen molar-refractivity contribution in [1.29, 1.82) is 0 Å². The van der Waals surface area contributed by atoms with Crippen molar-refractivity contribution in [3.8, 4) is 0 Å². The maximum absolute atomic E-state index is 13.1. The molecule has 0 bridgehead atoms. The third kappa shape index (κ3) is 3.02. The van der Waals surface area contributed by atoms with Gasteiger partial charge in [0, 0.05) is 19.1 Å². The van der Waals surface area contributed by atoms with Gasteiger partial charge in [0.2, 0.25) is 10.0 Å². The minimum atomic E-state index is -3.56. The Kier molecular flexibility index (Phi) is 4.46. The molecular formula is C14H21FN2O2S. The van der Waals surface area contributed by atoms with Gasteiger partial charge in [0.05, 0.1) is 4.90 Å². The van der Waals surface area contributed by atoms with E-state index in [0.717, 1.165) is 12.8 Å². The molecule has 2 atom stereocenters. The number of rotatable bonds is 3. The molecule has 1 aromatic carbocycles. The lowest BCUT2D eigenvalue weighted by atomic mass is 9.93. The van der Waals surface area contributed by atoms with Crippen LogP contribution in [0.1, 0.15) is 25.3 Å². The van der Waals surface area contributed by atoms with Crippen molar-refractivity contribution in [2.75, 3.05) is 13.1 Å². The van der Waals surface area contributed by atoms with Crippen LogP contribution in [0.2, 0.25) is 0 Å². The van der Waals surface area contributed by atoms with E-state index in [1.165, 1.54) is 22.5 Å². The van der Waals surface area contributed by atoms with E-state index in [1.807, 2.05) is 6.92 Å². The van der Waals surface area contributed by atoms with Crippen LogP contribution in [0.5, 0.6) is 0 Å². The van der Waals surface area contributed by atoms with E-state index >= 15 is 0 Å². The summed E-state index contributed by atoms with van der Waals surface area (Å²) in [6.07, 6.45) is 1.76. The van der Waals surface area contributed by atoms with Crippen molar-refractivity contribution in [3.63, 3.8) is 0 Å². The minimum Gasteiger partial charge on any atom is -0.328 e. The average molecular weight is 300 g/mol. The van der Waals surface area contributed by atoms with Crippen molar-refractivity contribution in [1.82, 2.24) is 4.31 Å². The predicted molar refractivity (Wildman–Crippen MR) is 76.3 cm³/mol. The minimum absolute atomic E-state index is 0.0256. The number of nitrogens with two attached hydrogens (primary N) is 1. The number of halogens is 1. The molecule has 6 heteroatoms. The molecule has 112 valence electrons. The van der Waals surface area contributed by atoms with Gasteiger partial charge in [0.15, 0.2) is 0 Å². The van der Waals surface area contributed by atoms with E-state index in [9.17, 15) is 12.8 Å².